The molecule has 0 N–H and O–H groups in total. The third kappa shape index (κ3) is 5.08. The van der Waals surface area contributed by atoms with Gasteiger partial charge < -0.3 is 4.74 Å². The van der Waals surface area contributed by atoms with Crippen LogP contribution in [0.5, 0.6) is 0 Å². The summed E-state index contributed by atoms with van der Waals surface area (Å²) < 4.78 is 6.53. The van der Waals surface area contributed by atoms with Gasteiger partial charge in [-0.05, 0) is 17.7 Å². The number of aromatic nitrogens is 1. The van der Waals surface area contributed by atoms with Crippen molar-refractivity contribution >= 4 is 45.0 Å². The molecule has 1 saturated heterocycles. The molecule has 1 aliphatic rings. The fourth-order valence-electron chi connectivity index (χ4n) is 3.23. The third-order valence-electron chi connectivity index (χ3n) is 4.76. The fourth-order valence-corrected chi connectivity index (χ4v) is 4.24. The van der Waals surface area contributed by atoms with E-state index in [0.717, 1.165) is 53.8 Å². The highest BCUT2D eigenvalue weighted by atomic mass is 35.5. The molecule has 0 spiro atoms. The number of rotatable bonds is 6. The largest absolute Gasteiger partial charge is 0.379 e. The number of amides is 1. The first-order valence-corrected chi connectivity index (χ1v) is 10.1. The zero-order chi connectivity index (χ0) is 18.5. The number of fused-ring (bicyclic) bond motifs is 1. The van der Waals surface area contributed by atoms with E-state index in [4.69, 9.17) is 9.72 Å². The standard InChI is InChI=1S/C21H23N3O2S.ClH/c25-20(16-17-6-2-1-3-7-17)24(11-10-23-12-14-26-15-13-23)21-22-18-8-4-5-9-19(18)27-21;/h1-9H,10-16H2;1H. The summed E-state index contributed by atoms with van der Waals surface area (Å²) in [4.78, 5) is 22.0. The van der Waals surface area contributed by atoms with Crippen molar-refractivity contribution in [2.45, 2.75) is 6.42 Å². The minimum Gasteiger partial charge on any atom is -0.379 e. The number of carbonyl (C=O) groups excluding carboxylic acids is 1. The van der Waals surface area contributed by atoms with Crippen molar-refractivity contribution in [3.8, 4) is 0 Å². The lowest BCUT2D eigenvalue weighted by atomic mass is 10.1. The summed E-state index contributed by atoms with van der Waals surface area (Å²) >= 11 is 1.58. The maximum atomic E-state index is 13.1. The number of benzene rings is 2. The van der Waals surface area contributed by atoms with Crippen LogP contribution in [0.2, 0.25) is 0 Å². The minimum atomic E-state index is 0. The molecule has 0 atom stereocenters. The molecule has 2 heterocycles. The molecule has 4 rings (SSSR count). The molecule has 7 heteroatoms. The number of nitrogens with zero attached hydrogens (tertiary/aromatic N) is 3. The topological polar surface area (TPSA) is 45.7 Å². The Kier molecular flexibility index (Phi) is 7.39. The zero-order valence-corrected chi connectivity index (χ0v) is 17.3. The smallest absolute Gasteiger partial charge is 0.233 e. The first kappa shape index (κ1) is 20.7. The molecular formula is C21H24ClN3O2S. The van der Waals surface area contributed by atoms with Gasteiger partial charge in [-0.25, -0.2) is 4.98 Å². The normalized spacial score (nSPS) is 14.6. The summed E-state index contributed by atoms with van der Waals surface area (Å²) in [5.74, 6) is 0.0912. The van der Waals surface area contributed by atoms with Crippen molar-refractivity contribution in [1.29, 1.82) is 0 Å². The summed E-state index contributed by atoms with van der Waals surface area (Å²) in [5.41, 5.74) is 1.97. The van der Waals surface area contributed by atoms with Crippen LogP contribution in [-0.2, 0) is 16.0 Å². The molecule has 1 aromatic heterocycles. The number of hydrogen-bond donors (Lipinski definition) is 0. The molecule has 1 aliphatic heterocycles. The molecule has 1 fully saturated rings. The number of halogens is 1. The van der Waals surface area contributed by atoms with Gasteiger partial charge in [0.2, 0.25) is 5.91 Å². The SMILES string of the molecule is Cl.O=C(Cc1ccccc1)N(CCN1CCOCC1)c1nc2ccccc2s1. The molecule has 0 saturated carbocycles. The van der Waals surface area contributed by atoms with Crippen LogP contribution in [0.25, 0.3) is 10.2 Å². The maximum Gasteiger partial charge on any atom is 0.233 e. The molecule has 2 aromatic carbocycles. The summed E-state index contributed by atoms with van der Waals surface area (Å²) in [6.45, 7) is 4.84. The molecule has 5 nitrogen and oxygen atoms in total. The second kappa shape index (κ2) is 9.98. The van der Waals surface area contributed by atoms with E-state index in [2.05, 4.69) is 11.0 Å². The lowest BCUT2D eigenvalue weighted by Crippen LogP contribution is -2.43. The van der Waals surface area contributed by atoms with Gasteiger partial charge in [-0.15, -0.1) is 12.4 Å². The van der Waals surface area contributed by atoms with Gasteiger partial charge in [0.25, 0.3) is 0 Å². The van der Waals surface area contributed by atoms with Gasteiger partial charge in [-0.2, -0.15) is 0 Å². The second-order valence-corrected chi connectivity index (χ2v) is 7.64. The maximum absolute atomic E-state index is 13.1. The Morgan fingerprint density at radius 1 is 1.07 bits per heavy atom. The van der Waals surface area contributed by atoms with Crippen molar-refractivity contribution in [1.82, 2.24) is 9.88 Å². The van der Waals surface area contributed by atoms with Gasteiger partial charge in [0, 0.05) is 26.2 Å². The second-order valence-electron chi connectivity index (χ2n) is 6.63. The molecule has 0 aliphatic carbocycles. The van der Waals surface area contributed by atoms with Gasteiger partial charge in [0.1, 0.15) is 0 Å². The Morgan fingerprint density at radius 3 is 2.54 bits per heavy atom. The lowest BCUT2D eigenvalue weighted by molar-refractivity contribution is -0.118. The molecule has 0 bridgehead atoms. The number of anilines is 1. The fraction of sp³-hybridized carbons (Fsp3) is 0.333. The predicted molar refractivity (Wildman–Crippen MR) is 117 cm³/mol. The number of morpholine rings is 1. The van der Waals surface area contributed by atoms with Crippen LogP contribution in [0.4, 0.5) is 5.13 Å². The van der Waals surface area contributed by atoms with Crippen LogP contribution < -0.4 is 4.90 Å². The highest BCUT2D eigenvalue weighted by Crippen LogP contribution is 2.29. The lowest BCUT2D eigenvalue weighted by Gasteiger charge is -2.29. The van der Waals surface area contributed by atoms with Gasteiger partial charge in [0.05, 0.1) is 29.9 Å². The third-order valence-corrected chi connectivity index (χ3v) is 5.82. The molecule has 0 unspecified atom stereocenters. The number of para-hydroxylation sites is 1. The predicted octanol–water partition coefficient (Wildman–Crippen LogP) is 3.63. The van der Waals surface area contributed by atoms with E-state index < -0.39 is 0 Å². The van der Waals surface area contributed by atoms with E-state index in [1.807, 2.05) is 53.4 Å². The van der Waals surface area contributed by atoms with Gasteiger partial charge in [-0.3, -0.25) is 14.6 Å². The van der Waals surface area contributed by atoms with Crippen molar-refractivity contribution in [3.05, 3.63) is 60.2 Å². The number of hydrogen-bond acceptors (Lipinski definition) is 5. The summed E-state index contributed by atoms with van der Waals surface area (Å²) in [6.07, 6.45) is 0.389. The highest BCUT2D eigenvalue weighted by molar-refractivity contribution is 7.22. The van der Waals surface area contributed by atoms with Gasteiger partial charge in [0.15, 0.2) is 5.13 Å². The van der Waals surface area contributed by atoms with Crippen LogP contribution in [0.15, 0.2) is 54.6 Å². The monoisotopic (exact) mass is 417 g/mol. The Hall–Kier alpha value is -1.99. The van der Waals surface area contributed by atoms with Crippen molar-refractivity contribution in [2.75, 3.05) is 44.3 Å². The summed E-state index contributed by atoms with van der Waals surface area (Å²) in [7, 11) is 0. The van der Waals surface area contributed by atoms with Crippen molar-refractivity contribution in [2.24, 2.45) is 0 Å². The number of carbonyl (C=O) groups is 1. The van der Waals surface area contributed by atoms with Crippen LogP contribution >= 0.6 is 23.7 Å². The van der Waals surface area contributed by atoms with E-state index >= 15 is 0 Å². The highest BCUT2D eigenvalue weighted by Gasteiger charge is 2.21. The van der Waals surface area contributed by atoms with E-state index in [1.54, 1.807) is 11.3 Å². The Bertz CT molecular complexity index is 864. The molecule has 1 amide bonds. The quantitative estimate of drug-likeness (QED) is 0.614. The first-order valence-electron chi connectivity index (χ1n) is 9.29. The Morgan fingerprint density at radius 2 is 1.79 bits per heavy atom. The number of thiazole rings is 1. The Labute approximate surface area is 175 Å². The van der Waals surface area contributed by atoms with Crippen LogP contribution in [-0.4, -0.2) is 55.2 Å². The van der Waals surface area contributed by atoms with Gasteiger partial charge in [-0.1, -0.05) is 53.8 Å². The average Bonchev–Trinajstić information content (AvgIpc) is 3.13. The Balaban J connectivity index is 0.00000225. The summed E-state index contributed by atoms with van der Waals surface area (Å²) in [5, 5.41) is 0.783. The molecule has 148 valence electrons. The van der Waals surface area contributed by atoms with E-state index in [0.29, 0.717) is 13.0 Å². The van der Waals surface area contributed by atoms with Crippen LogP contribution in [0.1, 0.15) is 5.56 Å². The van der Waals surface area contributed by atoms with Crippen LogP contribution in [0.3, 0.4) is 0 Å². The van der Waals surface area contributed by atoms with Crippen molar-refractivity contribution < 1.29 is 9.53 Å². The first-order chi connectivity index (χ1) is 13.3. The minimum absolute atomic E-state index is 0. The average molecular weight is 418 g/mol. The van der Waals surface area contributed by atoms with Crippen molar-refractivity contribution in [3.63, 3.8) is 0 Å². The zero-order valence-electron chi connectivity index (χ0n) is 15.6. The van der Waals surface area contributed by atoms with E-state index in [-0.39, 0.29) is 18.3 Å². The molecule has 28 heavy (non-hydrogen) atoms. The molecule has 3 aromatic rings. The molecule has 0 radical (unpaired) electrons. The van der Waals surface area contributed by atoms with Crippen LogP contribution in [0, 0.1) is 0 Å². The van der Waals surface area contributed by atoms with Gasteiger partial charge >= 0.3 is 0 Å². The number of ether oxygens (including phenoxy) is 1. The molecular weight excluding hydrogens is 394 g/mol. The van der Waals surface area contributed by atoms with E-state index in [1.165, 1.54) is 0 Å². The summed E-state index contributed by atoms with van der Waals surface area (Å²) in [6, 6.07) is 17.9. The van der Waals surface area contributed by atoms with E-state index in [9.17, 15) is 4.79 Å².